The molecule has 2 heterocycles. The van der Waals surface area contributed by atoms with E-state index in [4.69, 9.17) is 0 Å². The van der Waals surface area contributed by atoms with Crippen molar-refractivity contribution in [2.45, 2.75) is 55.9 Å². The zero-order valence-corrected chi connectivity index (χ0v) is 18.7. The van der Waals surface area contributed by atoms with Gasteiger partial charge in [0.25, 0.3) is 0 Å². The molecule has 0 amide bonds. The SMILES string of the molecule is CN=C(NCC1(c2cccc(F)c2)CC1)NCC1(N2CCCCC2)CCN(C)CC1. The molecule has 3 fully saturated rings. The minimum Gasteiger partial charge on any atom is -0.356 e. The van der Waals surface area contributed by atoms with E-state index in [1.54, 1.807) is 6.07 Å². The fraction of sp³-hybridized carbons (Fsp3) is 0.708. The molecule has 4 rings (SSSR count). The van der Waals surface area contributed by atoms with Crippen molar-refractivity contribution in [2.24, 2.45) is 4.99 Å². The summed E-state index contributed by atoms with van der Waals surface area (Å²) in [4.78, 5) is 9.70. The summed E-state index contributed by atoms with van der Waals surface area (Å²) in [7, 11) is 4.08. The van der Waals surface area contributed by atoms with Crippen LogP contribution in [0.4, 0.5) is 4.39 Å². The fourth-order valence-electron chi connectivity index (χ4n) is 5.27. The van der Waals surface area contributed by atoms with Gasteiger partial charge in [-0.3, -0.25) is 9.89 Å². The first-order chi connectivity index (χ1) is 14.6. The zero-order chi connectivity index (χ0) is 21.0. The molecule has 0 unspecified atom stereocenters. The molecule has 2 N–H and O–H groups in total. The second-order valence-electron chi connectivity index (χ2n) is 9.65. The maximum Gasteiger partial charge on any atom is 0.191 e. The molecule has 0 atom stereocenters. The van der Waals surface area contributed by atoms with E-state index >= 15 is 0 Å². The van der Waals surface area contributed by atoms with Crippen LogP contribution in [0.3, 0.4) is 0 Å². The molecule has 1 aromatic rings. The van der Waals surface area contributed by atoms with Crippen LogP contribution in [0.2, 0.25) is 0 Å². The molecule has 2 saturated heterocycles. The number of piperidine rings is 2. The highest BCUT2D eigenvalue weighted by Crippen LogP contribution is 2.47. The molecule has 2 aliphatic heterocycles. The van der Waals surface area contributed by atoms with Crippen LogP contribution in [0.5, 0.6) is 0 Å². The van der Waals surface area contributed by atoms with Crippen molar-refractivity contribution >= 4 is 5.96 Å². The molecule has 1 saturated carbocycles. The van der Waals surface area contributed by atoms with E-state index in [2.05, 4.69) is 38.5 Å². The predicted octanol–water partition coefficient (Wildman–Crippen LogP) is 2.97. The van der Waals surface area contributed by atoms with Gasteiger partial charge < -0.3 is 15.5 Å². The molecule has 166 valence electrons. The lowest BCUT2D eigenvalue weighted by atomic mass is 9.84. The van der Waals surface area contributed by atoms with Gasteiger partial charge in [0.1, 0.15) is 5.82 Å². The molecule has 6 heteroatoms. The van der Waals surface area contributed by atoms with E-state index in [9.17, 15) is 4.39 Å². The molecule has 5 nitrogen and oxygen atoms in total. The predicted molar refractivity (Wildman–Crippen MR) is 122 cm³/mol. The van der Waals surface area contributed by atoms with Crippen LogP contribution < -0.4 is 10.6 Å². The summed E-state index contributed by atoms with van der Waals surface area (Å²) in [6, 6.07) is 7.09. The Balaban J connectivity index is 1.37. The maximum atomic E-state index is 13.7. The number of aliphatic imine (C=N–C) groups is 1. The Hall–Kier alpha value is -1.66. The monoisotopic (exact) mass is 415 g/mol. The highest BCUT2D eigenvalue weighted by atomic mass is 19.1. The smallest absolute Gasteiger partial charge is 0.191 e. The average Bonchev–Trinajstić information content (AvgIpc) is 3.57. The van der Waals surface area contributed by atoms with E-state index in [1.807, 2.05) is 13.1 Å². The van der Waals surface area contributed by atoms with Crippen LogP contribution in [0.15, 0.2) is 29.3 Å². The number of guanidine groups is 1. The van der Waals surface area contributed by atoms with E-state index in [1.165, 1.54) is 51.3 Å². The summed E-state index contributed by atoms with van der Waals surface area (Å²) in [5.41, 5.74) is 1.38. The molecule has 3 aliphatic rings. The van der Waals surface area contributed by atoms with Crippen molar-refractivity contribution < 1.29 is 4.39 Å². The van der Waals surface area contributed by atoms with Crippen molar-refractivity contribution in [1.82, 2.24) is 20.4 Å². The average molecular weight is 416 g/mol. The Morgan fingerprint density at radius 1 is 1.00 bits per heavy atom. The highest BCUT2D eigenvalue weighted by molar-refractivity contribution is 5.80. The van der Waals surface area contributed by atoms with E-state index < -0.39 is 0 Å². The largest absolute Gasteiger partial charge is 0.356 e. The number of rotatable bonds is 6. The van der Waals surface area contributed by atoms with Gasteiger partial charge in [-0.05, 0) is 89.4 Å². The molecule has 30 heavy (non-hydrogen) atoms. The number of hydrogen-bond donors (Lipinski definition) is 2. The van der Waals surface area contributed by atoms with E-state index in [0.717, 1.165) is 50.5 Å². The molecule has 1 aromatic carbocycles. The molecule has 0 aromatic heterocycles. The number of likely N-dealkylation sites (tertiary alicyclic amines) is 2. The van der Waals surface area contributed by atoms with Crippen molar-refractivity contribution in [3.05, 3.63) is 35.6 Å². The first-order valence-corrected chi connectivity index (χ1v) is 11.7. The van der Waals surface area contributed by atoms with E-state index in [-0.39, 0.29) is 16.8 Å². The topological polar surface area (TPSA) is 42.9 Å². The summed E-state index contributed by atoms with van der Waals surface area (Å²) in [5, 5.41) is 7.21. The van der Waals surface area contributed by atoms with Crippen molar-refractivity contribution in [2.75, 3.05) is 53.4 Å². The minimum atomic E-state index is -0.146. The van der Waals surface area contributed by atoms with Crippen molar-refractivity contribution in [3.63, 3.8) is 0 Å². The number of benzene rings is 1. The molecular weight excluding hydrogens is 377 g/mol. The third kappa shape index (κ3) is 4.80. The van der Waals surface area contributed by atoms with Crippen molar-refractivity contribution in [3.8, 4) is 0 Å². The number of halogens is 1. The number of nitrogens with zero attached hydrogens (tertiary/aromatic N) is 3. The van der Waals surface area contributed by atoms with Crippen molar-refractivity contribution in [1.29, 1.82) is 0 Å². The van der Waals surface area contributed by atoms with Gasteiger partial charge >= 0.3 is 0 Å². The first kappa shape index (κ1) is 21.6. The molecule has 0 radical (unpaired) electrons. The fourth-order valence-corrected chi connectivity index (χ4v) is 5.27. The lowest BCUT2D eigenvalue weighted by Crippen LogP contribution is -2.62. The summed E-state index contributed by atoms with van der Waals surface area (Å²) in [6.07, 6.45) is 8.63. The minimum absolute atomic E-state index is 0.0534. The van der Waals surface area contributed by atoms with Gasteiger partial charge in [0.2, 0.25) is 0 Å². The van der Waals surface area contributed by atoms with Crippen LogP contribution >= 0.6 is 0 Å². The van der Waals surface area contributed by atoms with Gasteiger partial charge in [-0.25, -0.2) is 4.39 Å². The Morgan fingerprint density at radius 3 is 2.33 bits per heavy atom. The third-order valence-electron chi connectivity index (χ3n) is 7.64. The standard InChI is InChI=1S/C24H38FN5/c1-26-22(27-18-23(9-10-23)20-7-6-8-21(25)17-20)28-19-24(11-15-29(2)16-12-24)30-13-4-3-5-14-30/h6-8,17H,3-5,9-16,18-19H2,1-2H3,(H2,26,27,28). The normalized spacial score (nSPS) is 24.4. The zero-order valence-electron chi connectivity index (χ0n) is 18.7. The molecule has 0 spiro atoms. The second-order valence-corrected chi connectivity index (χ2v) is 9.65. The van der Waals surface area contributed by atoms with Gasteiger partial charge in [0.05, 0.1) is 0 Å². The summed E-state index contributed by atoms with van der Waals surface area (Å²) >= 11 is 0. The summed E-state index contributed by atoms with van der Waals surface area (Å²) in [5.74, 6) is 0.722. The van der Waals surface area contributed by atoms with Gasteiger partial charge in [0.15, 0.2) is 5.96 Å². The summed E-state index contributed by atoms with van der Waals surface area (Å²) < 4.78 is 13.7. The Morgan fingerprint density at radius 2 is 1.70 bits per heavy atom. The Bertz CT molecular complexity index is 731. The van der Waals surface area contributed by atoms with Gasteiger partial charge in [-0.2, -0.15) is 0 Å². The van der Waals surface area contributed by atoms with Crippen LogP contribution in [0, 0.1) is 5.82 Å². The summed E-state index contributed by atoms with van der Waals surface area (Å²) in [6.45, 7) is 6.50. The van der Waals surface area contributed by atoms with Crippen LogP contribution in [-0.4, -0.2) is 74.7 Å². The lowest BCUT2D eigenvalue weighted by Gasteiger charge is -2.50. The Labute approximate surface area is 181 Å². The Kier molecular flexibility index (Phi) is 6.63. The van der Waals surface area contributed by atoms with Crippen LogP contribution in [0.1, 0.15) is 50.5 Å². The number of hydrogen-bond acceptors (Lipinski definition) is 3. The molecule has 0 bridgehead atoms. The maximum absolute atomic E-state index is 13.7. The van der Waals surface area contributed by atoms with Gasteiger partial charge in [-0.1, -0.05) is 18.6 Å². The third-order valence-corrected chi connectivity index (χ3v) is 7.64. The lowest BCUT2D eigenvalue weighted by molar-refractivity contribution is 0.0173. The highest BCUT2D eigenvalue weighted by Gasteiger charge is 2.44. The van der Waals surface area contributed by atoms with Crippen LogP contribution in [-0.2, 0) is 5.41 Å². The van der Waals surface area contributed by atoms with E-state index in [0.29, 0.717) is 0 Å². The number of nitrogens with one attached hydrogen (secondary N) is 2. The van der Waals surface area contributed by atoms with Gasteiger partial charge in [-0.15, -0.1) is 0 Å². The quantitative estimate of drug-likeness (QED) is 0.554. The molecular formula is C24H38FN5. The van der Waals surface area contributed by atoms with Gasteiger partial charge in [0, 0.05) is 31.1 Å². The van der Waals surface area contributed by atoms with Crippen LogP contribution in [0.25, 0.3) is 0 Å². The molecule has 1 aliphatic carbocycles. The first-order valence-electron chi connectivity index (χ1n) is 11.7. The second kappa shape index (κ2) is 9.23.